The van der Waals surface area contributed by atoms with Crippen molar-refractivity contribution in [3.8, 4) is 11.8 Å². The van der Waals surface area contributed by atoms with E-state index < -0.39 is 11.8 Å². The lowest BCUT2D eigenvalue weighted by Gasteiger charge is -2.05. The Balaban J connectivity index is 2.49. The van der Waals surface area contributed by atoms with E-state index in [4.69, 9.17) is 5.26 Å². The number of nitrogens with one attached hydrogen (secondary N) is 2. The van der Waals surface area contributed by atoms with Gasteiger partial charge < -0.3 is 15.7 Å². The van der Waals surface area contributed by atoms with Gasteiger partial charge in [-0.1, -0.05) is 12.1 Å². The van der Waals surface area contributed by atoms with Crippen LogP contribution in [0.1, 0.15) is 10.4 Å². The maximum Gasteiger partial charge on any atom is 0.255 e. The number of aromatic hydroxyl groups is 1. The van der Waals surface area contributed by atoms with Crippen LogP contribution in [0, 0.1) is 11.3 Å². The Morgan fingerprint density at radius 1 is 1.29 bits per heavy atom. The van der Waals surface area contributed by atoms with Crippen molar-refractivity contribution in [3.63, 3.8) is 0 Å². The number of nitrogens with zero attached hydrogens (tertiary/aromatic N) is 1. The molecule has 0 aliphatic carbocycles. The molecule has 0 heterocycles. The van der Waals surface area contributed by atoms with Gasteiger partial charge in [0.2, 0.25) is 5.91 Å². The zero-order valence-corrected chi connectivity index (χ0v) is 8.93. The number of rotatable bonds is 4. The van der Waals surface area contributed by atoms with Gasteiger partial charge in [0.25, 0.3) is 5.91 Å². The minimum atomic E-state index is -0.546. The zero-order chi connectivity index (χ0) is 12.7. The van der Waals surface area contributed by atoms with Gasteiger partial charge in [-0.15, -0.1) is 0 Å². The standard InChI is InChI=1S/C11H11N3O3/c12-5-6-13-10(16)7-14-11(17)8-3-1-2-4-9(8)15/h1-4,15H,6-7H2,(H,13,16)(H,14,17). The van der Waals surface area contributed by atoms with E-state index in [-0.39, 0.29) is 24.4 Å². The Morgan fingerprint density at radius 2 is 2.00 bits per heavy atom. The maximum absolute atomic E-state index is 11.5. The zero-order valence-electron chi connectivity index (χ0n) is 8.93. The van der Waals surface area contributed by atoms with Crippen molar-refractivity contribution in [2.24, 2.45) is 0 Å². The molecule has 0 radical (unpaired) electrons. The summed E-state index contributed by atoms with van der Waals surface area (Å²) in [7, 11) is 0. The summed E-state index contributed by atoms with van der Waals surface area (Å²) < 4.78 is 0. The fourth-order valence-electron chi connectivity index (χ4n) is 1.12. The number of carbonyl (C=O) groups is 2. The van der Waals surface area contributed by atoms with Gasteiger partial charge in [-0.05, 0) is 12.1 Å². The van der Waals surface area contributed by atoms with E-state index in [1.165, 1.54) is 12.1 Å². The molecular weight excluding hydrogens is 222 g/mol. The molecule has 1 rings (SSSR count). The number of nitriles is 1. The number of phenolic OH excluding ortho intramolecular Hbond substituents is 1. The van der Waals surface area contributed by atoms with Crippen molar-refractivity contribution < 1.29 is 14.7 Å². The third-order valence-corrected chi connectivity index (χ3v) is 1.92. The average molecular weight is 233 g/mol. The van der Waals surface area contributed by atoms with E-state index in [1.54, 1.807) is 18.2 Å². The summed E-state index contributed by atoms with van der Waals surface area (Å²) in [6, 6.07) is 7.75. The predicted molar refractivity (Wildman–Crippen MR) is 59.1 cm³/mol. The minimum Gasteiger partial charge on any atom is -0.507 e. The number of hydrogen-bond acceptors (Lipinski definition) is 4. The molecule has 0 aliphatic rings. The van der Waals surface area contributed by atoms with Gasteiger partial charge in [0, 0.05) is 0 Å². The monoisotopic (exact) mass is 233 g/mol. The van der Waals surface area contributed by atoms with Crippen molar-refractivity contribution >= 4 is 11.8 Å². The number of phenols is 1. The van der Waals surface area contributed by atoms with Gasteiger partial charge in [0.05, 0.1) is 18.2 Å². The molecule has 0 saturated heterocycles. The summed E-state index contributed by atoms with van der Waals surface area (Å²) in [6.45, 7) is -0.347. The van der Waals surface area contributed by atoms with Crippen molar-refractivity contribution in [1.29, 1.82) is 5.26 Å². The molecule has 3 N–H and O–H groups in total. The fraction of sp³-hybridized carbons (Fsp3) is 0.182. The van der Waals surface area contributed by atoms with E-state index in [0.717, 1.165) is 0 Å². The van der Waals surface area contributed by atoms with Crippen molar-refractivity contribution in [1.82, 2.24) is 10.6 Å². The van der Waals surface area contributed by atoms with Crippen LogP contribution in [-0.2, 0) is 4.79 Å². The first kappa shape index (κ1) is 12.5. The lowest BCUT2D eigenvalue weighted by molar-refractivity contribution is -0.119. The van der Waals surface area contributed by atoms with Crippen LogP contribution in [0.15, 0.2) is 24.3 Å². The molecule has 0 aromatic heterocycles. The number of amides is 2. The van der Waals surface area contributed by atoms with Gasteiger partial charge in [-0.25, -0.2) is 0 Å². The molecule has 88 valence electrons. The van der Waals surface area contributed by atoms with Crippen LogP contribution in [0.5, 0.6) is 5.75 Å². The van der Waals surface area contributed by atoms with Crippen molar-refractivity contribution in [2.75, 3.05) is 13.1 Å². The molecule has 0 aliphatic heterocycles. The molecule has 0 saturated carbocycles. The van der Waals surface area contributed by atoms with Crippen LogP contribution < -0.4 is 10.6 Å². The molecule has 0 bridgehead atoms. The van der Waals surface area contributed by atoms with Gasteiger partial charge in [0.1, 0.15) is 12.3 Å². The first-order valence-corrected chi connectivity index (χ1v) is 4.85. The Morgan fingerprint density at radius 3 is 2.65 bits per heavy atom. The Kier molecular flexibility index (Phi) is 4.51. The summed E-state index contributed by atoms with van der Waals surface area (Å²) in [5.74, 6) is -1.16. The van der Waals surface area contributed by atoms with Crippen molar-refractivity contribution in [2.45, 2.75) is 0 Å². The minimum absolute atomic E-state index is 0.0978. The van der Waals surface area contributed by atoms with E-state index in [1.807, 2.05) is 0 Å². The fourth-order valence-corrected chi connectivity index (χ4v) is 1.12. The van der Waals surface area contributed by atoms with Gasteiger partial charge in [-0.3, -0.25) is 9.59 Å². The molecule has 17 heavy (non-hydrogen) atoms. The topological polar surface area (TPSA) is 102 Å². The summed E-state index contributed by atoms with van der Waals surface area (Å²) >= 11 is 0. The second-order valence-corrected chi connectivity index (χ2v) is 3.13. The lowest BCUT2D eigenvalue weighted by Crippen LogP contribution is -2.37. The summed E-state index contributed by atoms with van der Waals surface area (Å²) in [5, 5.41) is 22.2. The third-order valence-electron chi connectivity index (χ3n) is 1.92. The van der Waals surface area contributed by atoms with Gasteiger partial charge >= 0.3 is 0 Å². The molecule has 1 aromatic rings. The largest absolute Gasteiger partial charge is 0.507 e. The predicted octanol–water partition coefficient (Wildman–Crippen LogP) is -0.238. The highest BCUT2D eigenvalue weighted by Crippen LogP contribution is 2.14. The molecule has 0 atom stereocenters. The highest BCUT2D eigenvalue weighted by atomic mass is 16.3. The smallest absolute Gasteiger partial charge is 0.255 e. The van der Waals surface area contributed by atoms with E-state index >= 15 is 0 Å². The molecule has 0 fully saturated rings. The number of carbonyl (C=O) groups excluding carboxylic acids is 2. The highest BCUT2D eigenvalue weighted by molar-refractivity contribution is 5.98. The molecular formula is C11H11N3O3. The third kappa shape index (κ3) is 3.83. The molecule has 0 spiro atoms. The first-order chi connectivity index (χ1) is 8.15. The van der Waals surface area contributed by atoms with Gasteiger partial charge in [0.15, 0.2) is 0 Å². The molecule has 0 unspecified atom stereocenters. The second kappa shape index (κ2) is 6.12. The number of para-hydroxylation sites is 1. The normalized spacial score (nSPS) is 9.12. The van der Waals surface area contributed by atoms with Crippen LogP contribution in [-0.4, -0.2) is 30.0 Å². The SMILES string of the molecule is N#CCNC(=O)CNC(=O)c1ccccc1O. The molecule has 1 aromatic carbocycles. The quantitative estimate of drug-likeness (QED) is 0.624. The summed E-state index contributed by atoms with van der Waals surface area (Å²) in [5.41, 5.74) is 0.0978. The van der Waals surface area contributed by atoms with Crippen LogP contribution in [0.2, 0.25) is 0 Å². The molecule has 6 heteroatoms. The van der Waals surface area contributed by atoms with Crippen molar-refractivity contribution in [3.05, 3.63) is 29.8 Å². The lowest BCUT2D eigenvalue weighted by atomic mass is 10.2. The highest BCUT2D eigenvalue weighted by Gasteiger charge is 2.10. The van der Waals surface area contributed by atoms with Gasteiger partial charge in [-0.2, -0.15) is 5.26 Å². The average Bonchev–Trinajstić information content (AvgIpc) is 2.34. The maximum atomic E-state index is 11.5. The van der Waals surface area contributed by atoms with Crippen LogP contribution in [0.4, 0.5) is 0 Å². The van der Waals surface area contributed by atoms with Crippen LogP contribution in [0.3, 0.4) is 0 Å². The van der Waals surface area contributed by atoms with Crippen LogP contribution in [0.25, 0.3) is 0 Å². The number of benzene rings is 1. The summed E-state index contributed by atoms with van der Waals surface area (Å²) in [4.78, 5) is 22.6. The number of hydrogen-bond donors (Lipinski definition) is 3. The molecule has 6 nitrogen and oxygen atoms in total. The first-order valence-electron chi connectivity index (χ1n) is 4.85. The second-order valence-electron chi connectivity index (χ2n) is 3.13. The Labute approximate surface area is 97.9 Å². The van der Waals surface area contributed by atoms with Crippen LogP contribution >= 0.6 is 0 Å². The Bertz CT molecular complexity index is 465. The van der Waals surface area contributed by atoms with E-state index in [2.05, 4.69) is 10.6 Å². The van der Waals surface area contributed by atoms with E-state index in [0.29, 0.717) is 0 Å². The molecule has 2 amide bonds. The van der Waals surface area contributed by atoms with E-state index in [9.17, 15) is 14.7 Å². The summed E-state index contributed by atoms with van der Waals surface area (Å²) in [6.07, 6.45) is 0. The Hall–Kier alpha value is -2.55.